The molecule has 110 valence electrons. The zero-order valence-corrected chi connectivity index (χ0v) is 12.4. The van der Waals surface area contributed by atoms with Crippen LogP contribution >= 0.6 is 0 Å². The fraction of sp³-hybridized carbons (Fsp3) is 0.562. The lowest BCUT2D eigenvalue weighted by Gasteiger charge is -2.38. The van der Waals surface area contributed by atoms with E-state index in [9.17, 15) is 4.79 Å². The van der Waals surface area contributed by atoms with Crippen LogP contribution in [0.25, 0.3) is 0 Å². The Hall–Kier alpha value is -1.55. The quantitative estimate of drug-likeness (QED) is 0.918. The maximum Gasteiger partial charge on any atom is 0.253 e. The van der Waals surface area contributed by atoms with Gasteiger partial charge in [0, 0.05) is 18.7 Å². The Morgan fingerprint density at radius 3 is 2.40 bits per heavy atom. The lowest BCUT2D eigenvalue weighted by atomic mass is 9.80. The first kappa shape index (κ1) is 14.9. The summed E-state index contributed by atoms with van der Waals surface area (Å²) in [6.07, 6.45) is 1.96. The topological polar surface area (TPSA) is 55.6 Å². The molecule has 2 rings (SSSR count). The zero-order valence-electron chi connectivity index (χ0n) is 12.4. The third-order valence-corrected chi connectivity index (χ3v) is 4.16. The van der Waals surface area contributed by atoms with Crippen LogP contribution < -0.4 is 10.5 Å². The number of likely N-dealkylation sites (tertiary alicyclic amines) is 1. The van der Waals surface area contributed by atoms with E-state index in [-0.39, 0.29) is 11.3 Å². The number of nitrogens with two attached hydrogens (primary N) is 1. The van der Waals surface area contributed by atoms with Crippen molar-refractivity contribution < 1.29 is 9.53 Å². The van der Waals surface area contributed by atoms with Gasteiger partial charge in [-0.25, -0.2) is 0 Å². The normalized spacial score (nSPS) is 17.9. The second-order valence-corrected chi connectivity index (χ2v) is 5.76. The molecule has 0 unspecified atom stereocenters. The summed E-state index contributed by atoms with van der Waals surface area (Å²) < 4.78 is 5.39. The molecule has 20 heavy (non-hydrogen) atoms. The Morgan fingerprint density at radius 1 is 1.30 bits per heavy atom. The molecular formula is C16H24N2O2. The molecule has 1 aromatic carbocycles. The van der Waals surface area contributed by atoms with Gasteiger partial charge in [0.2, 0.25) is 0 Å². The second kappa shape index (κ2) is 6.27. The Balaban J connectivity index is 1.98. The maximum absolute atomic E-state index is 12.4. The molecular weight excluding hydrogens is 252 g/mol. The van der Waals surface area contributed by atoms with Crippen LogP contribution in [0.2, 0.25) is 0 Å². The maximum atomic E-state index is 12.4. The van der Waals surface area contributed by atoms with Crippen LogP contribution in [0, 0.1) is 5.41 Å². The van der Waals surface area contributed by atoms with Gasteiger partial charge in [-0.3, -0.25) is 4.79 Å². The van der Waals surface area contributed by atoms with E-state index >= 15 is 0 Å². The van der Waals surface area contributed by atoms with Crippen LogP contribution in [0.4, 0.5) is 0 Å². The number of ether oxygens (including phenoxy) is 1. The highest BCUT2D eigenvalue weighted by atomic mass is 16.5. The molecule has 0 saturated carbocycles. The highest BCUT2D eigenvalue weighted by Gasteiger charge is 2.30. The zero-order chi connectivity index (χ0) is 14.6. The monoisotopic (exact) mass is 276 g/mol. The summed E-state index contributed by atoms with van der Waals surface area (Å²) in [5.74, 6) is 0.908. The Bertz CT molecular complexity index is 448. The van der Waals surface area contributed by atoms with Crippen LogP contribution in [0.15, 0.2) is 24.3 Å². The van der Waals surface area contributed by atoms with Crippen LogP contribution in [-0.2, 0) is 0 Å². The predicted octanol–water partition coefficient (Wildman–Crippen LogP) is 2.29. The number of amides is 1. The molecule has 0 aliphatic carbocycles. The average molecular weight is 276 g/mol. The van der Waals surface area contributed by atoms with Crippen LogP contribution in [0.5, 0.6) is 5.75 Å². The minimum absolute atomic E-state index is 0.104. The summed E-state index contributed by atoms with van der Waals surface area (Å²) in [5.41, 5.74) is 6.71. The average Bonchev–Trinajstić information content (AvgIpc) is 2.48. The Morgan fingerprint density at radius 2 is 1.90 bits per heavy atom. The van der Waals surface area contributed by atoms with E-state index in [2.05, 4.69) is 6.92 Å². The van der Waals surface area contributed by atoms with E-state index < -0.39 is 0 Å². The largest absolute Gasteiger partial charge is 0.494 e. The molecule has 1 fully saturated rings. The van der Waals surface area contributed by atoms with Gasteiger partial charge in [0.25, 0.3) is 5.91 Å². The number of hydrogen-bond donors (Lipinski definition) is 1. The fourth-order valence-corrected chi connectivity index (χ4v) is 2.50. The molecule has 0 radical (unpaired) electrons. The number of nitrogens with zero attached hydrogens (tertiary/aromatic N) is 1. The highest BCUT2D eigenvalue weighted by Crippen LogP contribution is 2.30. The SMILES string of the molecule is CCOc1ccc(C(=O)N2CCC(C)(CN)CC2)cc1. The molecule has 2 N–H and O–H groups in total. The van der Waals surface area contributed by atoms with Gasteiger partial charge in [-0.2, -0.15) is 0 Å². The first-order valence-electron chi connectivity index (χ1n) is 7.30. The summed E-state index contributed by atoms with van der Waals surface area (Å²) in [5, 5.41) is 0. The summed E-state index contributed by atoms with van der Waals surface area (Å²) in [7, 11) is 0. The highest BCUT2D eigenvalue weighted by molar-refractivity contribution is 5.94. The molecule has 1 aliphatic heterocycles. The number of carbonyl (C=O) groups is 1. The minimum atomic E-state index is 0.104. The van der Waals surface area contributed by atoms with E-state index in [0.29, 0.717) is 13.2 Å². The first-order valence-corrected chi connectivity index (χ1v) is 7.30. The number of carbonyl (C=O) groups excluding carboxylic acids is 1. The number of rotatable bonds is 4. The van der Waals surface area contributed by atoms with Gasteiger partial charge in [0.05, 0.1) is 6.61 Å². The third-order valence-electron chi connectivity index (χ3n) is 4.16. The van der Waals surface area contributed by atoms with E-state index in [1.165, 1.54) is 0 Å². The van der Waals surface area contributed by atoms with Crippen molar-refractivity contribution in [3.05, 3.63) is 29.8 Å². The Labute approximate surface area is 120 Å². The van der Waals surface area contributed by atoms with E-state index in [1.54, 1.807) is 0 Å². The molecule has 0 bridgehead atoms. The summed E-state index contributed by atoms with van der Waals surface area (Å²) >= 11 is 0. The molecule has 1 amide bonds. The van der Waals surface area contributed by atoms with Crippen molar-refractivity contribution in [1.29, 1.82) is 0 Å². The lowest BCUT2D eigenvalue weighted by molar-refractivity contribution is 0.0617. The fourth-order valence-electron chi connectivity index (χ4n) is 2.50. The van der Waals surface area contributed by atoms with E-state index in [1.807, 2.05) is 36.1 Å². The van der Waals surface area contributed by atoms with Gasteiger partial charge < -0.3 is 15.4 Å². The van der Waals surface area contributed by atoms with E-state index in [0.717, 1.165) is 37.2 Å². The van der Waals surface area contributed by atoms with Crippen molar-refractivity contribution in [2.45, 2.75) is 26.7 Å². The number of piperidine rings is 1. The van der Waals surface area contributed by atoms with Gasteiger partial charge in [-0.15, -0.1) is 0 Å². The van der Waals surface area contributed by atoms with Crippen molar-refractivity contribution in [3.63, 3.8) is 0 Å². The van der Waals surface area contributed by atoms with Crippen molar-refractivity contribution in [1.82, 2.24) is 4.90 Å². The van der Waals surface area contributed by atoms with Crippen molar-refractivity contribution in [2.24, 2.45) is 11.1 Å². The third kappa shape index (κ3) is 3.31. The van der Waals surface area contributed by atoms with E-state index in [4.69, 9.17) is 10.5 Å². The smallest absolute Gasteiger partial charge is 0.253 e. The number of hydrogen-bond acceptors (Lipinski definition) is 3. The molecule has 1 heterocycles. The van der Waals surface area contributed by atoms with Crippen LogP contribution in [0.3, 0.4) is 0 Å². The Kier molecular flexibility index (Phi) is 4.65. The molecule has 1 aliphatic rings. The van der Waals surface area contributed by atoms with Crippen LogP contribution in [-0.4, -0.2) is 37.0 Å². The van der Waals surface area contributed by atoms with Gasteiger partial charge in [-0.05, 0) is 56.0 Å². The van der Waals surface area contributed by atoms with Crippen molar-refractivity contribution in [3.8, 4) is 5.75 Å². The van der Waals surface area contributed by atoms with Gasteiger partial charge in [-0.1, -0.05) is 6.92 Å². The molecule has 0 spiro atoms. The molecule has 0 aromatic heterocycles. The minimum Gasteiger partial charge on any atom is -0.494 e. The molecule has 1 aromatic rings. The lowest BCUT2D eigenvalue weighted by Crippen LogP contribution is -2.44. The summed E-state index contributed by atoms with van der Waals surface area (Å²) in [6, 6.07) is 7.38. The van der Waals surface area contributed by atoms with Gasteiger partial charge in [0.15, 0.2) is 0 Å². The van der Waals surface area contributed by atoms with Crippen LogP contribution in [0.1, 0.15) is 37.0 Å². The standard InChI is InChI=1S/C16H24N2O2/c1-3-20-14-6-4-13(5-7-14)15(19)18-10-8-16(2,12-17)9-11-18/h4-7H,3,8-12,17H2,1-2H3. The van der Waals surface area contributed by atoms with Gasteiger partial charge in [0.1, 0.15) is 5.75 Å². The molecule has 4 heteroatoms. The first-order chi connectivity index (χ1) is 9.58. The molecule has 0 atom stereocenters. The van der Waals surface area contributed by atoms with Crippen molar-refractivity contribution in [2.75, 3.05) is 26.2 Å². The van der Waals surface area contributed by atoms with Crippen molar-refractivity contribution >= 4 is 5.91 Å². The molecule has 4 nitrogen and oxygen atoms in total. The second-order valence-electron chi connectivity index (χ2n) is 5.76. The molecule has 1 saturated heterocycles. The number of benzene rings is 1. The summed E-state index contributed by atoms with van der Waals surface area (Å²) in [6.45, 7) is 7.06. The summed E-state index contributed by atoms with van der Waals surface area (Å²) in [4.78, 5) is 14.3. The van der Waals surface area contributed by atoms with Gasteiger partial charge >= 0.3 is 0 Å². The predicted molar refractivity (Wildman–Crippen MR) is 79.9 cm³/mol.